The van der Waals surface area contributed by atoms with Crippen LogP contribution in [0.1, 0.15) is 36.4 Å². The number of imidazole rings is 1. The van der Waals surface area contributed by atoms with Crippen LogP contribution in [0.25, 0.3) is 5.82 Å². The fraction of sp³-hybridized carbons (Fsp3) is 0.333. The second kappa shape index (κ2) is 6.17. The number of aryl methyl sites for hydroxylation is 1. The number of hydrogen-bond donors (Lipinski definition) is 1. The van der Waals surface area contributed by atoms with Gasteiger partial charge in [-0.3, -0.25) is 4.57 Å². The van der Waals surface area contributed by atoms with Crippen LogP contribution in [-0.2, 0) is 6.54 Å². The highest BCUT2D eigenvalue weighted by molar-refractivity contribution is 5.44. The maximum absolute atomic E-state index is 9.17. The molecule has 0 aliphatic rings. The number of nitrogens with one attached hydrogen (secondary N) is 1. The number of pyridine rings is 1. The molecule has 0 unspecified atom stereocenters. The summed E-state index contributed by atoms with van der Waals surface area (Å²) in [5, 5.41) is 21.4. The summed E-state index contributed by atoms with van der Waals surface area (Å²) in [5.41, 5.74) is 2.32. The van der Waals surface area contributed by atoms with Crippen molar-refractivity contribution >= 4 is 0 Å². The van der Waals surface area contributed by atoms with E-state index in [2.05, 4.69) is 29.1 Å². The molecule has 1 N–H and O–H groups in total. The maximum atomic E-state index is 9.17. The van der Waals surface area contributed by atoms with Gasteiger partial charge in [0.1, 0.15) is 24.3 Å². The number of nitriles is 2. The van der Waals surface area contributed by atoms with Crippen molar-refractivity contribution in [1.29, 1.82) is 10.5 Å². The molecule has 0 aliphatic carbocycles. The molecule has 2 aromatic rings. The van der Waals surface area contributed by atoms with E-state index in [-0.39, 0.29) is 11.4 Å². The summed E-state index contributed by atoms with van der Waals surface area (Å²) in [4.78, 5) is 8.34. The highest BCUT2D eigenvalue weighted by Gasteiger charge is 2.14. The van der Waals surface area contributed by atoms with Crippen molar-refractivity contribution in [3.63, 3.8) is 0 Å². The Labute approximate surface area is 123 Å². The zero-order chi connectivity index (χ0) is 15.4. The smallest absolute Gasteiger partial charge is 0.177 e. The summed E-state index contributed by atoms with van der Waals surface area (Å²) in [7, 11) is 0. The van der Waals surface area contributed by atoms with E-state index >= 15 is 0 Å². The maximum Gasteiger partial charge on any atom is 0.177 e. The van der Waals surface area contributed by atoms with E-state index in [4.69, 9.17) is 5.26 Å². The van der Waals surface area contributed by atoms with Crippen molar-refractivity contribution in [2.24, 2.45) is 0 Å². The molecule has 0 fully saturated rings. The monoisotopic (exact) mass is 280 g/mol. The Balaban J connectivity index is 2.36. The molecule has 2 rings (SSSR count). The van der Waals surface area contributed by atoms with Gasteiger partial charge in [-0.15, -0.1) is 0 Å². The Bertz CT molecular complexity index is 730. The number of aromatic nitrogens is 3. The molecule has 0 bridgehead atoms. The Morgan fingerprint density at radius 3 is 2.62 bits per heavy atom. The lowest BCUT2D eigenvalue weighted by Crippen LogP contribution is -2.22. The molecule has 0 saturated heterocycles. The SMILES string of the molecule is Cc1cc(CNC(C)C)cnc1-n1cnc(C#N)c1C#N. The van der Waals surface area contributed by atoms with Crippen LogP contribution in [0.3, 0.4) is 0 Å². The molecular weight excluding hydrogens is 264 g/mol. The molecular formula is C15H16N6. The summed E-state index contributed by atoms with van der Waals surface area (Å²) < 4.78 is 1.55. The van der Waals surface area contributed by atoms with Crippen LogP contribution in [0.2, 0.25) is 0 Å². The predicted molar refractivity (Wildman–Crippen MR) is 77.5 cm³/mol. The number of nitrogens with zero attached hydrogens (tertiary/aromatic N) is 5. The first-order valence-electron chi connectivity index (χ1n) is 6.63. The molecule has 0 aromatic carbocycles. The predicted octanol–water partition coefficient (Wildman–Crippen LogP) is 1.82. The minimum absolute atomic E-state index is 0.115. The van der Waals surface area contributed by atoms with Gasteiger partial charge in [0.15, 0.2) is 11.4 Å². The molecule has 2 aromatic heterocycles. The third kappa shape index (κ3) is 3.07. The van der Waals surface area contributed by atoms with Gasteiger partial charge in [0.2, 0.25) is 0 Å². The largest absolute Gasteiger partial charge is 0.310 e. The van der Waals surface area contributed by atoms with Gasteiger partial charge in [-0.1, -0.05) is 13.8 Å². The second-order valence-electron chi connectivity index (χ2n) is 5.06. The Kier molecular flexibility index (Phi) is 4.32. The highest BCUT2D eigenvalue weighted by atomic mass is 15.1. The molecule has 0 amide bonds. The molecule has 0 radical (unpaired) electrons. The Morgan fingerprint density at radius 1 is 1.29 bits per heavy atom. The lowest BCUT2D eigenvalue weighted by molar-refractivity contribution is 0.587. The summed E-state index contributed by atoms with van der Waals surface area (Å²) in [6, 6.07) is 6.33. The van der Waals surface area contributed by atoms with Gasteiger partial charge in [-0.2, -0.15) is 10.5 Å². The lowest BCUT2D eigenvalue weighted by atomic mass is 10.2. The van der Waals surface area contributed by atoms with E-state index < -0.39 is 0 Å². The molecule has 0 atom stereocenters. The van der Waals surface area contributed by atoms with Crippen molar-refractivity contribution in [2.45, 2.75) is 33.4 Å². The van der Waals surface area contributed by atoms with Crippen LogP contribution in [-0.4, -0.2) is 20.6 Å². The van der Waals surface area contributed by atoms with E-state index in [0.29, 0.717) is 11.9 Å². The van der Waals surface area contributed by atoms with Gasteiger partial charge in [0.25, 0.3) is 0 Å². The average Bonchev–Trinajstić information content (AvgIpc) is 2.87. The third-order valence-electron chi connectivity index (χ3n) is 3.03. The topological polar surface area (TPSA) is 90.3 Å². The number of hydrogen-bond acceptors (Lipinski definition) is 5. The molecule has 0 saturated carbocycles. The number of rotatable bonds is 4. The van der Waals surface area contributed by atoms with Gasteiger partial charge in [0, 0.05) is 18.8 Å². The lowest BCUT2D eigenvalue weighted by Gasteiger charge is -2.11. The van der Waals surface area contributed by atoms with Crippen molar-refractivity contribution < 1.29 is 0 Å². The van der Waals surface area contributed by atoms with E-state index in [1.54, 1.807) is 10.8 Å². The summed E-state index contributed by atoms with van der Waals surface area (Å²) in [6.07, 6.45) is 3.23. The van der Waals surface area contributed by atoms with Crippen molar-refractivity contribution in [1.82, 2.24) is 19.9 Å². The minimum Gasteiger partial charge on any atom is -0.310 e. The summed E-state index contributed by atoms with van der Waals surface area (Å²) >= 11 is 0. The van der Waals surface area contributed by atoms with Gasteiger partial charge in [-0.05, 0) is 24.1 Å². The fourth-order valence-corrected chi connectivity index (χ4v) is 1.99. The van der Waals surface area contributed by atoms with Crippen molar-refractivity contribution in [2.75, 3.05) is 0 Å². The van der Waals surface area contributed by atoms with Crippen molar-refractivity contribution in [3.05, 3.63) is 41.1 Å². The average molecular weight is 280 g/mol. The zero-order valence-electron chi connectivity index (χ0n) is 12.3. The molecule has 21 heavy (non-hydrogen) atoms. The molecule has 2 heterocycles. The zero-order valence-corrected chi connectivity index (χ0v) is 12.3. The highest BCUT2D eigenvalue weighted by Crippen LogP contribution is 2.16. The van der Waals surface area contributed by atoms with Crippen LogP contribution in [0, 0.1) is 29.6 Å². The van der Waals surface area contributed by atoms with Gasteiger partial charge in [-0.25, -0.2) is 9.97 Å². The molecule has 6 nitrogen and oxygen atoms in total. The van der Waals surface area contributed by atoms with Gasteiger partial charge in [0.05, 0.1) is 0 Å². The van der Waals surface area contributed by atoms with Crippen LogP contribution in [0.15, 0.2) is 18.6 Å². The van der Waals surface area contributed by atoms with Gasteiger partial charge < -0.3 is 5.32 Å². The first-order valence-corrected chi connectivity index (χ1v) is 6.63. The van der Waals surface area contributed by atoms with Crippen LogP contribution in [0.5, 0.6) is 0 Å². The van der Waals surface area contributed by atoms with Crippen molar-refractivity contribution in [3.8, 4) is 18.0 Å². The summed E-state index contributed by atoms with van der Waals surface area (Å²) in [5.74, 6) is 0.619. The van der Waals surface area contributed by atoms with Crippen LogP contribution in [0.4, 0.5) is 0 Å². The minimum atomic E-state index is 0.115. The van der Waals surface area contributed by atoms with Crippen LogP contribution >= 0.6 is 0 Å². The quantitative estimate of drug-likeness (QED) is 0.922. The molecule has 0 spiro atoms. The Morgan fingerprint density at radius 2 is 2.05 bits per heavy atom. The summed E-state index contributed by atoms with van der Waals surface area (Å²) in [6.45, 7) is 6.84. The molecule has 106 valence electrons. The first kappa shape index (κ1) is 14.7. The third-order valence-corrected chi connectivity index (χ3v) is 3.03. The van der Waals surface area contributed by atoms with E-state index in [1.807, 2.05) is 25.1 Å². The second-order valence-corrected chi connectivity index (χ2v) is 5.06. The standard InChI is InChI=1S/C15H16N6/c1-10(2)18-7-12-4-11(3)15(19-8-12)21-9-20-13(5-16)14(21)6-17/h4,8-10,18H,7H2,1-3H3. The van der Waals surface area contributed by atoms with E-state index in [9.17, 15) is 5.26 Å². The van der Waals surface area contributed by atoms with Gasteiger partial charge >= 0.3 is 0 Å². The first-order chi connectivity index (χ1) is 10.1. The van der Waals surface area contributed by atoms with Crippen LogP contribution < -0.4 is 5.32 Å². The fourth-order valence-electron chi connectivity index (χ4n) is 1.99. The van der Waals surface area contributed by atoms with E-state index in [1.165, 1.54) is 6.33 Å². The molecule has 0 aliphatic heterocycles. The van der Waals surface area contributed by atoms with E-state index in [0.717, 1.165) is 17.7 Å². The molecule has 6 heteroatoms. The Hall–Kier alpha value is -2.70. The normalized spacial score (nSPS) is 10.4.